The van der Waals surface area contributed by atoms with Crippen molar-refractivity contribution in [3.8, 4) is 11.4 Å². The van der Waals surface area contributed by atoms with Gasteiger partial charge in [-0.25, -0.2) is 9.48 Å². The summed E-state index contributed by atoms with van der Waals surface area (Å²) in [5, 5.41) is -0.0852. The van der Waals surface area contributed by atoms with E-state index >= 15 is 0 Å². The molecule has 0 spiro atoms. The second kappa shape index (κ2) is 7.25. The van der Waals surface area contributed by atoms with Crippen LogP contribution in [0.15, 0.2) is 47.3 Å². The Balaban J connectivity index is 2.21. The Morgan fingerprint density at radius 3 is 2.15 bits per heavy atom. The molecule has 0 saturated heterocycles. The van der Waals surface area contributed by atoms with Crippen molar-refractivity contribution in [3.63, 3.8) is 0 Å². The van der Waals surface area contributed by atoms with Crippen molar-refractivity contribution >= 4 is 58.3 Å². The fourth-order valence-electron chi connectivity index (χ4n) is 2.25. The van der Waals surface area contributed by atoms with Crippen molar-refractivity contribution in [1.29, 1.82) is 0 Å². The molecule has 2 aromatic carbocycles. The van der Waals surface area contributed by atoms with E-state index < -0.39 is 11.7 Å². The molecule has 0 bridgehead atoms. The van der Waals surface area contributed by atoms with Crippen LogP contribution in [0.5, 0.6) is 5.75 Å². The van der Waals surface area contributed by atoms with Crippen molar-refractivity contribution in [3.05, 3.63) is 72.9 Å². The van der Waals surface area contributed by atoms with Crippen molar-refractivity contribution in [2.45, 2.75) is 0 Å². The van der Waals surface area contributed by atoms with Crippen molar-refractivity contribution in [2.24, 2.45) is 0 Å². The van der Waals surface area contributed by atoms with E-state index in [9.17, 15) is 9.59 Å². The van der Waals surface area contributed by atoms with Crippen molar-refractivity contribution < 1.29 is 9.53 Å². The smallest absolute Gasteiger partial charge is 0.409 e. The normalized spacial score (nSPS) is 10.8. The van der Waals surface area contributed by atoms with Crippen LogP contribution in [0.25, 0.3) is 5.69 Å². The molecule has 10 heteroatoms. The van der Waals surface area contributed by atoms with Gasteiger partial charge in [0, 0.05) is 5.02 Å². The molecule has 0 saturated carbocycles. The number of halogens is 4. The summed E-state index contributed by atoms with van der Waals surface area (Å²) in [6, 6.07) is 10.9. The average Bonchev–Trinajstić information content (AvgIpc) is 2.79. The molecule has 26 heavy (non-hydrogen) atoms. The molecule has 0 atom stereocenters. The summed E-state index contributed by atoms with van der Waals surface area (Å²) < 4.78 is 6.81. The summed E-state index contributed by atoms with van der Waals surface area (Å²) in [7, 11) is 0. The lowest BCUT2D eigenvalue weighted by Crippen LogP contribution is -2.29. The van der Waals surface area contributed by atoms with Gasteiger partial charge in [-0.2, -0.15) is 4.68 Å². The zero-order chi connectivity index (χ0) is 19.0. The van der Waals surface area contributed by atoms with Crippen LogP contribution < -0.4 is 16.0 Å². The van der Waals surface area contributed by atoms with E-state index in [4.69, 9.17) is 56.9 Å². The van der Waals surface area contributed by atoms with E-state index in [1.165, 1.54) is 12.1 Å². The number of aromatic nitrogens is 2. The number of anilines is 1. The first-order chi connectivity index (χ1) is 12.3. The number of rotatable bonds is 2. The van der Waals surface area contributed by atoms with Gasteiger partial charge in [-0.05, 0) is 24.3 Å². The van der Waals surface area contributed by atoms with Crippen LogP contribution in [-0.2, 0) is 0 Å². The highest BCUT2D eigenvalue weighted by Crippen LogP contribution is 2.33. The molecule has 0 radical (unpaired) electrons. The molecule has 1 heterocycles. The molecule has 1 aromatic heterocycles. The molecule has 2 N–H and O–H groups in total. The van der Waals surface area contributed by atoms with Crippen LogP contribution in [0.3, 0.4) is 0 Å². The van der Waals surface area contributed by atoms with Crippen LogP contribution >= 0.6 is 46.4 Å². The van der Waals surface area contributed by atoms with Gasteiger partial charge < -0.3 is 10.5 Å². The summed E-state index contributed by atoms with van der Waals surface area (Å²) >= 11 is 24.2. The Labute approximate surface area is 167 Å². The van der Waals surface area contributed by atoms with Crippen LogP contribution in [0.2, 0.25) is 20.1 Å². The number of nitrogens with zero attached hydrogens (tertiary/aromatic N) is 2. The van der Waals surface area contributed by atoms with E-state index in [-0.39, 0.29) is 37.3 Å². The maximum atomic E-state index is 12.6. The summed E-state index contributed by atoms with van der Waals surface area (Å²) in [5.74, 6) is -0.0753. The summed E-state index contributed by atoms with van der Waals surface area (Å²) in [6.07, 6.45) is -0.972. The molecule has 0 fully saturated rings. The van der Waals surface area contributed by atoms with Gasteiger partial charge in [0.25, 0.3) is 5.56 Å². The average molecular weight is 433 g/mol. The topological polar surface area (TPSA) is 79.3 Å². The highest BCUT2D eigenvalue weighted by atomic mass is 35.5. The number of nitrogen functional groups attached to an aromatic ring is 1. The molecular weight excluding hydrogens is 424 g/mol. The molecule has 134 valence electrons. The Morgan fingerprint density at radius 1 is 1.00 bits per heavy atom. The first kappa shape index (κ1) is 18.7. The second-order valence-electron chi connectivity index (χ2n) is 5.03. The van der Waals surface area contributed by atoms with E-state index in [1.807, 2.05) is 0 Å². The highest BCUT2D eigenvalue weighted by molar-refractivity contribution is 6.40. The summed E-state index contributed by atoms with van der Waals surface area (Å²) in [5.41, 5.74) is 5.02. The maximum absolute atomic E-state index is 12.6. The Morgan fingerprint density at radius 2 is 1.58 bits per heavy atom. The molecule has 0 aliphatic rings. The van der Waals surface area contributed by atoms with Gasteiger partial charge in [-0.3, -0.25) is 4.79 Å². The lowest BCUT2D eigenvalue weighted by Gasteiger charge is -2.14. The van der Waals surface area contributed by atoms with Gasteiger partial charge in [0.1, 0.15) is 16.5 Å². The van der Waals surface area contributed by atoms with Gasteiger partial charge in [-0.15, -0.1) is 0 Å². The monoisotopic (exact) mass is 431 g/mol. The number of hydrogen-bond acceptors (Lipinski definition) is 4. The van der Waals surface area contributed by atoms with E-state index in [1.54, 1.807) is 30.3 Å². The molecule has 3 aromatic rings. The number of carbonyl (C=O) groups is 1. The molecule has 3 rings (SSSR count). The molecule has 0 aliphatic heterocycles. The van der Waals surface area contributed by atoms with E-state index in [0.29, 0.717) is 0 Å². The predicted octanol–water partition coefficient (Wildman–Crippen LogP) is 4.88. The first-order valence-corrected chi connectivity index (χ1v) is 8.53. The van der Waals surface area contributed by atoms with Gasteiger partial charge in [0.05, 0.1) is 10.0 Å². The second-order valence-corrected chi connectivity index (χ2v) is 6.66. The van der Waals surface area contributed by atoms with Gasteiger partial charge in [-0.1, -0.05) is 64.6 Å². The van der Waals surface area contributed by atoms with E-state index in [0.717, 1.165) is 9.36 Å². The molecule has 0 aliphatic carbocycles. The fourth-order valence-corrected chi connectivity index (χ4v) is 3.38. The lowest BCUT2D eigenvalue weighted by molar-refractivity contribution is 0.197. The van der Waals surface area contributed by atoms with Crippen LogP contribution in [0, 0.1) is 0 Å². The van der Waals surface area contributed by atoms with Gasteiger partial charge in [0.2, 0.25) is 0 Å². The van der Waals surface area contributed by atoms with Crippen LogP contribution in [-0.4, -0.2) is 15.5 Å². The van der Waals surface area contributed by atoms with Gasteiger partial charge in [0.15, 0.2) is 5.82 Å². The Bertz CT molecular complexity index is 1040. The minimum Gasteiger partial charge on any atom is -0.409 e. The third-order valence-electron chi connectivity index (χ3n) is 3.35. The molecule has 0 amide bonds. The minimum atomic E-state index is -0.972. The number of ether oxygens (including phenoxy) is 1. The number of benzene rings is 2. The zero-order valence-electron chi connectivity index (χ0n) is 12.7. The van der Waals surface area contributed by atoms with Crippen LogP contribution in [0.1, 0.15) is 0 Å². The van der Waals surface area contributed by atoms with Crippen molar-refractivity contribution in [2.75, 3.05) is 5.73 Å². The lowest BCUT2D eigenvalue weighted by atomic mass is 10.3. The first-order valence-electron chi connectivity index (χ1n) is 7.02. The Kier molecular flexibility index (Phi) is 5.20. The fraction of sp³-hybridized carbons (Fsp3) is 0. The molecule has 6 nitrogen and oxygen atoms in total. The largest absolute Gasteiger partial charge is 0.440 e. The summed E-state index contributed by atoms with van der Waals surface area (Å²) in [6.45, 7) is 0. The number of carbonyl (C=O) groups excluding carboxylic acids is 1. The highest BCUT2D eigenvalue weighted by Gasteiger charge is 2.26. The van der Waals surface area contributed by atoms with Crippen molar-refractivity contribution in [1.82, 2.24) is 9.36 Å². The third kappa shape index (κ3) is 3.29. The SMILES string of the molecule is Nc1c(Cl)c(=O)n(-c2c(Cl)cc(Cl)cc2Cl)n1C(=O)Oc1ccccc1. The zero-order valence-corrected chi connectivity index (χ0v) is 15.8. The predicted molar refractivity (Wildman–Crippen MR) is 102 cm³/mol. The van der Waals surface area contributed by atoms with Crippen LogP contribution in [0.4, 0.5) is 10.6 Å². The molecular formula is C16H9Cl4N3O3. The number of para-hydroxylation sites is 1. The van der Waals surface area contributed by atoms with Gasteiger partial charge >= 0.3 is 6.09 Å². The minimum absolute atomic E-state index is 0.00801. The number of hydrogen-bond donors (Lipinski definition) is 1. The maximum Gasteiger partial charge on any atom is 0.440 e. The quantitative estimate of drug-likeness (QED) is 0.625. The summed E-state index contributed by atoms with van der Waals surface area (Å²) in [4.78, 5) is 25.1. The standard InChI is InChI=1S/C16H9Cl4N3O3/c17-8-6-10(18)13(11(19)7-8)22-15(24)12(20)14(21)23(22)16(25)26-9-4-2-1-3-5-9/h1-7H,21H2. The number of nitrogens with two attached hydrogens (primary N) is 1. The van der Waals surface area contributed by atoms with E-state index in [2.05, 4.69) is 0 Å². The third-order valence-corrected chi connectivity index (χ3v) is 4.50. The Hall–Kier alpha value is -2.12. The molecule has 0 unspecified atom stereocenters.